The van der Waals surface area contributed by atoms with Gasteiger partial charge in [-0.05, 0) is 32.9 Å². The quantitative estimate of drug-likeness (QED) is 0.688. The zero-order valence-corrected chi connectivity index (χ0v) is 16.7. The van der Waals surface area contributed by atoms with Gasteiger partial charge in [-0.3, -0.25) is 4.79 Å². The average Bonchev–Trinajstić information content (AvgIpc) is 2.62. The number of benzene rings is 1. The highest BCUT2D eigenvalue weighted by atomic mass is 16.5. The number of hydrogen-bond acceptors (Lipinski definition) is 3. The van der Waals surface area contributed by atoms with Crippen LogP contribution in [0.1, 0.15) is 25.0 Å². The van der Waals surface area contributed by atoms with Crippen molar-refractivity contribution >= 4 is 5.91 Å². The highest BCUT2D eigenvalue weighted by Gasteiger charge is 2.31. The van der Waals surface area contributed by atoms with Crippen molar-refractivity contribution < 1.29 is 19.3 Å². The molecule has 1 heterocycles. The Kier molecular flexibility index (Phi) is 6.63. The van der Waals surface area contributed by atoms with E-state index < -0.39 is 5.54 Å². The third-order valence-corrected chi connectivity index (χ3v) is 5.43. The summed E-state index contributed by atoms with van der Waals surface area (Å²) in [7, 11) is 3.44. The van der Waals surface area contributed by atoms with Crippen molar-refractivity contribution in [3.63, 3.8) is 0 Å². The smallest absolute Gasteiger partial charge is 0.278 e. The van der Waals surface area contributed by atoms with Gasteiger partial charge in [-0.2, -0.15) is 5.26 Å². The number of amides is 1. The molecule has 1 amide bonds. The first-order valence-electron chi connectivity index (χ1n) is 9.25. The summed E-state index contributed by atoms with van der Waals surface area (Å²) in [6.45, 7) is 11.1. The molecule has 0 bridgehead atoms. The molecule has 0 unspecified atom stereocenters. The lowest BCUT2D eigenvalue weighted by molar-refractivity contribution is -1.02. The average molecular weight is 361 g/mol. The molecule has 2 rings (SSSR count). The van der Waals surface area contributed by atoms with Crippen molar-refractivity contribution in [3.8, 4) is 11.8 Å². The van der Waals surface area contributed by atoms with E-state index in [0.29, 0.717) is 6.54 Å². The first-order valence-corrected chi connectivity index (χ1v) is 9.25. The Morgan fingerprint density at radius 2 is 1.88 bits per heavy atom. The summed E-state index contributed by atoms with van der Waals surface area (Å²) >= 11 is 0. The number of nitriles is 1. The molecule has 1 aromatic rings. The van der Waals surface area contributed by atoms with E-state index in [-0.39, 0.29) is 5.91 Å². The van der Waals surface area contributed by atoms with Gasteiger partial charge in [-0.15, -0.1) is 0 Å². The second-order valence-electron chi connectivity index (χ2n) is 7.79. The number of rotatable bonds is 6. The summed E-state index contributed by atoms with van der Waals surface area (Å²) in [6.07, 6.45) is 0. The monoisotopic (exact) mass is 360 g/mol. The number of nitrogens with one attached hydrogen (secondary N) is 2. The molecule has 142 valence electrons. The second kappa shape index (κ2) is 8.52. The van der Waals surface area contributed by atoms with Crippen LogP contribution in [0, 0.1) is 18.3 Å². The first kappa shape index (κ1) is 20.2. The number of likely N-dealkylation sites (N-methyl/N-ethyl adjacent to an activating group) is 1. The van der Waals surface area contributed by atoms with E-state index in [1.54, 1.807) is 32.9 Å². The van der Waals surface area contributed by atoms with Crippen LogP contribution in [0.4, 0.5) is 0 Å². The van der Waals surface area contributed by atoms with Crippen molar-refractivity contribution in [1.29, 1.82) is 5.26 Å². The van der Waals surface area contributed by atoms with Gasteiger partial charge >= 0.3 is 0 Å². The molecule has 2 N–H and O–H groups in total. The van der Waals surface area contributed by atoms with E-state index in [1.165, 1.54) is 20.9 Å². The van der Waals surface area contributed by atoms with Crippen LogP contribution in [-0.2, 0) is 11.3 Å². The fourth-order valence-electron chi connectivity index (χ4n) is 3.34. The van der Waals surface area contributed by atoms with E-state index in [9.17, 15) is 10.1 Å². The van der Waals surface area contributed by atoms with Crippen molar-refractivity contribution in [2.24, 2.45) is 0 Å². The van der Waals surface area contributed by atoms with E-state index in [0.717, 1.165) is 38.5 Å². The topological polar surface area (TPSA) is 62.2 Å². The van der Waals surface area contributed by atoms with Crippen LogP contribution in [0.2, 0.25) is 0 Å². The minimum absolute atomic E-state index is 0.0374. The summed E-state index contributed by atoms with van der Waals surface area (Å²) in [5, 5.41) is 9.19. The molecule has 1 fully saturated rings. The Hall–Kier alpha value is -2.10. The van der Waals surface area contributed by atoms with E-state index in [1.807, 2.05) is 6.07 Å². The molecular weight excluding hydrogens is 328 g/mol. The Morgan fingerprint density at radius 3 is 2.46 bits per heavy atom. The van der Waals surface area contributed by atoms with Crippen LogP contribution in [0.15, 0.2) is 18.2 Å². The number of methoxy groups -OCH3 is 1. The van der Waals surface area contributed by atoms with Crippen molar-refractivity contribution in [1.82, 2.24) is 4.90 Å². The molecule has 1 aromatic carbocycles. The number of aryl methyl sites for hydroxylation is 1. The second-order valence-corrected chi connectivity index (χ2v) is 7.79. The minimum atomic E-state index is -0.759. The van der Waals surface area contributed by atoms with Crippen LogP contribution < -0.4 is 14.5 Å². The normalized spacial score (nSPS) is 20.3. The van der Waals surface area contributed by atoms with Crippen molar-refractivity contribution in [2.45, 2.75) is 32.9 Å². The van der Waals surface area contributed by atoms with E-state index in [2.05, 4.69) is 25.1 Å². The summed E-state index contributed by atoms with van der Waals surface area (Å²) in [5.41, 5.74) is 1.74. The van der Waals surface area contributed by atoms with E-state index >= 15 is 0 Å². The third-order valence-electron chi connectivity index (χ3n) is 5.43. The third kappa shape index (κ3) is 4.96. The number of carbonyl (C=O) groups is 1. The Balaban J connectivity index is 1.87. The molecule has 1 aliphatic heterocycles. The number of nitrogens with zero attached hydrogens (tertiary/aromatic N) is 2. The number of quaternary nitrogens is 2. The lowest BCUT2D eigenvalue weighted by atomic mass is 10.1. The summed E-state index contributed by atoms with van der Waals surface area (Å²) in [4.78, 5) is 16.8. The lowest BCUT2D eigenvalue weighted by Crippen LogP contribution is -3.28. The van der Waals surface area contributed by atoms with Gasteiger partial charge in [-0.1, -0.05) is 11.6 Å². The molecule has 0 atom stereocenters. The predicted molar refractivity (Wildman–Crippen MR) is 100 cm³/mol. The van der Waals surface area contributed by atoms with Gasteiger partial charge in [0.1, 0.15) is 44.0 Å². The van der Waals surface area contributed by atoms with Gasteiger partial charge in [0.2, 0.25) is 0 Å². The number of ether oxygens (including phenoxy) is 1. The van der Waals surface area contributed by atoms with E-state index in [4.69, 9.17) is 4.74 Å². The largest absolute Gasteiger partial charge is 0.496 e. The summed E-state index contributed by atoms with van der Waals surface area (Å²) < 4.78 is 5.49. The molecule has 0 spiro atoms. The molecule has 6 nitrogen and oxygen atoms in total. The molecule has 0 saturated carbocycles. The number of piperazine rings is 1. The van der Waals surface area contributed by atoms with Crippen LogP contribution in [0.5, 0.6) is 5.75 Å². The minimum Gasteiger partial charge on any atom is -0.496 e. The van der Waals surface area contributed by atoms with Crippen LogP contribution in [-0.4, -0.2) is 63.2 Å². The molecule has 0 aliphatic carbocycles. The van der Waals surface area contributed by atoms with Gasteiger partial charge in [0.25, 0.3) is 5.91 Å². The fraction of sp³-hybridized carbons (Fsp3) is 0.600. The highest BCUT2D eigenvalue weighted by molar-refractivity contribution is 5.78. The van der Waals surface area contributed by atoms with Gasteiger partial charge in [0.05, 0.1) is 13.2 Å². The molecule has 1 saturated heterocycles. The lowest BCUT2D eigenvalue weighted by Gasteiger charge is -2.33. The summed E-state index contributed by atoms with van der Waals surface area (Å²) in [6, 6.07) is 8.50. The zero-order chi connectivity index (χ0) is 19.3. The standard InChI is InChI=1S/C20H30N4O2/c1-16-6-7-18(26-5)17(12-16)13-23-8-10-24(11-9-23)14-19(25)22(4)20(2,3)15-21/h6-7,12H,8-11,13-14H2,1-5H3/p+2. The molecule has 6 heteroatoms. The Labute approximate surface area is 156 Å². The van der Waals surface area contributed by atoms with Crippen molar-refractivity contribution in [2.75, 3.05) is 46.9 Å². The maximum Gasteiger partial charge on any atom is 0.278 e. The molecule has 1 aliphatic rings. The number of hydrogen-bond donors (Lipinski definition) is 2. The Bertz CT molecular complexity index is 673. The maximum absolute atomic E-state index is 12.4. The highest BCUT2D eigenvalue weighted by Crippen LogP contribution is 2.18. The molecule has 0 radical (unpaired) electrons. The van der Waals surface area contributed by atoms with Gasteiger partial charge in [0, 0.05) is 12.6 Å². The Morgan fingerprint density at radius 1 is 1.27 bits per heavy atom. The summed E-state index contributed by atoms with van der Waals surface area (Å²) in [5.74, 6) is 0.990. The molecule has 26 heavy (non-hydrogen) atoms. The van der Waals surface area contributed by atoms with Crippen molar-refractivity contribution in [3.05, 3.63) is 29.3 Å². The molecule has 0 aromatic heterocycles. The maximum atomic E-state index is 12.4. The molecular formula is C20H32N4O2+2. The van der Waals surface area contributed by atoms with Gasteiger partial charge < -0.3 is 19.4 Å². The van der Waals surface area contributed by atoms with Crippen LogP contribution in [0.25, 0.3) is 0 Å². The van der Waals surface area contributed by atoms with Crippen LogP contribution >= 0.6 is 0 Å². The van der Waals surface area contributed by atoms with Gasteiger partial charge in [-0.25, -0.2) is 0 Å². The zero-order valence-electron chi connectivity index (χ0n) is 16.7. The SMILES string of the molecule is COc1ccc(C)cc1C[NH+]1CC[NH+](CC(=O)N(C)C(C)(C)C#N)CC1. The van der Waals surface area contributed by atoms with Crippen LogP contribution in [0.3, 0.4) is 0 Å². The van der Waals surface area contributed by atoms with Gasteiger partial charge in [0.15, 0.2) is 6.54 Å². The first-order chi connectivity index (χ1) is 12.3. The fourth-order valence-corrected chi connectivity index (χ4v) is 3.34. The number of carbonyl (C=O) groups excluding carboxylic acids is 1. The predicted octanol–water partition coefficient (Wildman–Crippen LogP) is -0.952.